The maximum atomic E-state index is 6.18. The summed E-state index contributed by atoms with van der Waals surface area (Å²) in [6.07, 6.45) is 1.71. The quantitative estimate of drug-likeness (QED) is 0.642. The van der Waals surface area contributed by atoms with Crippen molar-refractivity contribution in [2.24, 2.45) is 0 Å². The van der Waals surface area contributed by atoms with E-state index in [2.05, 4.69) is 26.2 Å². The summed E-state index contributed by atoms with van der Waals surface area (Å²) in [5.41, 5.74) is 0.981. The number of rotatable bonds is 5. The fourth-order valence-corrected chi connectivity index (χ4v) is 2.65. The highest BCUT2D eigenvalue weighted by Crippen LogP contribution is 2.37. The maximum Gasteiger partial charge on any atom is 0.238 e. The summed E-state index contributed by atoms with van der Waals surface area (Å²) in [4.78, 5) is 4.21. The Morgan fingerprint density at radius 2 is 1.90 bits per heavy atom. The third-order valence-electron chi connectivity index (χ3n) is 2.62. The molecule has 21 heavy (non-hydrogen) atoms. The molecular formula is C14H12BrCl3N2O. The van der Waals surface area contributed by atoms with Crippen molar-refractivity contribution in [2.75, 3.05) is 6.54 Å². The van der Waals surface area contributed by atoms with Crippen molar-refractivity contribution in [3.8, 4) is 11.6 Å². The van der Waals surface area contributed by atoms with Gasteiger partial charge in [0.25, 0.3) is 0 Å². The number of ether oxygens (including phenoxy) is 1. The molecule has 0 fully saturated rings. The maximum absolute atomic E-state index is 6.18. The van der Waals surface area contributed by atoms with E-state index in [0.717, 1.165) is 12.1 Å². The van der Waals surface area contributed by atoms with Gasteiger partial charge in [-0.1, -0.05) is 41.7 Å². The molecule has 2 aromatic rings. The van der Waals surface area contributed by atoms with E-state index >= 15 is 0 Å². The second-order valence-corrected chi connectivity index (χ2v) is 6.29. The molecule has 1 heterocycles. The predicted molar refractivity (Wildman–Crippen MR) is 90.9 cm³/mol. The molecule has 1 N–H and O–H groups in total. The fourth-order valence-electron chi connectivity index (χ4n) is 1.59. The minimum atomic E-state index is 0.289. The van der Waals surface area contributed by atoms with Gasteiger partial charge in [-0.3, -0.25) is 0 Å². The van der Waals surface area contributed by atoms with Crippen LogP contribution < -0.4 is 10.1 Å². The van der Waals surface area contributed by atoms with Crippen LogP contribution in [0.2, 0.25) is 15.1 Å². The van der Waals surface area contributed by atoms with Crippen LogP contribution >= 0.6 is 50.7 Å². The van der Waals surface area contributed by atoms with Gasteiger partial charge in [-0.25, -0.2) is 4.98 Å². The Kier molecular flexibility index (Phi) is 6.14. The van der Waals surface area contributed by atoms with Crippen molar-refractivity contribution < 1.29 is 4.74 Å². The van der Waals surface area contributed by atoms with Crippen molar-refractivity contribution in [2.45, 2.75) is 13.5 Å². The second-order valence-electron chi connectivity index (χ2n) is 4.21. The van der Waals surface area contributed by atoms with E-state index in [1.54, 1.807) is 24.4 Å². The normalized spacial score (nSPS) is 10.7. The standard InChI is InChI=1S/C14H12BrCl3N2O/c1-2-19-6-8-3-12(18)14(20-7-8)21-13-5-10(16)9(15)4-11(13)17/h3-5,7,19H,2,6H2,1H3. The van der Waals surface area contributed by atoms with Crippen molar-refractivity contribution >= 4 is 50.7 Å². The van der Waals surface area contributed by atoms with E-state index in [4.69, 9.17) is 39.5 Å². The molecule has 0 bridgehead atoms. The minimum Gasteiger partial charge on any atom is -0.436 e. The Balaban J connectivity index is 2.22. The second kappa shape index (κ2) is 7.65. The van der Waals surface area contributed by atoms with Crippen LogP contribution in [0.4, 0.5) is 0 Å². The number of halogens is 4. The molecule has 3 nitrogen and oxygen atoms in total. The molecule has 112 valence electrons. The molecule has 0 aliphatic rings. The Bertz CT molecular complexity index is 652. The van der Waals surface area contributed by atoms with Crippen molar-refractivity contribution in [3.63, 3.8) is 0 Å². The van der Waals surface area contributed by atoms with Crippen LogP contribution in [0.3, 0.4) is 0 Å². The fraction of sp³-hybridized carbons (Fsp3) is 0.214. The number of hydrogen-bond acceptors (Lipinski definition) is 3. The smallest absolute Gasteiger partial charge is 0.238 e. The van der Waals surface area contributed by atoms with Crippen LogP contribution in [0.1, 0.15) is 12.5 Å². The molecule has 1 aromatic carbocycles. The predicted octanol–water partition coefficient (Wildman–Crippen LogP) is 5.71. The molecule has 0 radical (unpaired) electrons. The van der Waals surface area contributed by atoms with Gasteiger partial charge in [0.15, 0.2) is 0 Å². The molecule has 1 aromatic heterocycles. The van der Waals surface area contributed by atoms with Crippen molar-refractivity contribution in [1.29, 1.82) is 0 Å². The summed E-state index contributed by atoms with van der Waals surface area (Å²) in [5, 5.41) is 4.53. The first kappa shape index (κ1) is 16.8. The molecule has 0 aliphatic carbocycles. The van der Waals surface area contributed by atoms with Gasteiger partial charge in [-0.05, 0) is 40.2 Å². The first-order chi connectivity index (χ1) is 10.0. The number of nitrogens with one attached hydrogen (secondary N) is 1. The molecule has 0 spiro atoms. The summed E-state index contributed by atoms with van der Waals surface area (Å²) in [5.74, 6) is 0.691. The molecular weight excluding hydrogens is 398 g/mol. The van der Waals surface area contributed by atoms with Gasteiger partial charge in [0.05, 0.1) is 10.0 Å². The van der Waals surface area contributed by atoms with E-state index in [-0.39, 0.29) is 5.88 Å². The molecule has 0 atom stereocenters. The minimum absolute atomic E-state index is 0.289. The topological polar surface area (TPSA) is 34.2 Å². The van der Waals surface area contributed by atoms with E-state index < -0.39 is 0 Å². The molecule has 7 heteroatoms. The molecule has 0 saturated heterocycles. The van der Waals surface area contributed by atoms with Crippen molar-refractivity contribution in [3.05, 3.63) is 49.5 Å². The monoisotopic (exact) mass is 408 g/mol. The van der Waals surface area contributed by atoms with Gasteiger partial charge < -0.3 is 10.1 Å². The van der Waals surface area contributed by atoms with Crippen LogP contribution in [-0.4, -0.2) is 11.5 Å². The van der Waals surface area contributed by atoms with Crippen LogP contribution in [0.15, 0.2) is 28.9 Å². The zero-order valence-electron chi connectivity index (χ0n) is 11.1. The van der Waals surface area contributed by atoms with E-state index in [0.29, 0.717) is 31.8 Å². The Morgan fingerprint density at radius 1 is 1.14 bits per heavy atom. The van der Waals surface area contributed by atoms with Crippen LogP contribution in [0, 0.1) is 0 Å². The lowest BCUT2D eigenvalue weighted by Gasteiger charge is -2.10. The van der Waals surface area contributed by atoms with Crippen LogP contribution in [-0.2, 0) is 6.54 Å². The zero-order valence-corrected chi connectivity index (χ0v) is 14.9. The van der Waals surface area contributed by atoms with Gasteiger partial charge in [-0.15, -0.1) is 0 Å². The summed E-state index contributed by atoms with van der Waals surface area (Å²) in [7, 11) is 0. The summed E-state index contributed by atoms with van der Waals surface area (Å²) in [6.45, 7) is 3.61. The zero-order chi connectivity index (χ0) is 15.4. The average molecular weight is 411 g/mol. The highest BCUT2D eigenvalue weighted by molar-refractivity contribution is 9.10. The van der Waals surface area contributed by atoms with E-state index in [1.165, 1.54) is 0 Å². The lowest BCUT2D eigenvalue weighted by molar-refractivity contribution is 0.463. The molecule has 0 unspecified atom stereocenters. The number of aromatic nitrogens is 1. The van der Waals surface area contributed by atoms with Crippen LogP contribution in [0.25, 0.3) is 0 Å². The van der Waals surface area contributed by atoms with Crippen molar-refractivity contribution in [1.82, 2.24) is 10.3 Å². The average Bonchev–Trinajstić information content (AvgIpc) is 2.45. The van der Waals surface area contributed by atoms with E-state index in [9.17, 15) is 0 Å². The number of benzene rings is 1. The lowest BCUT2D eigenvalue weighted by atomic mass is 10.3. The lowest BCUT2D eigenvalue weighted by Crippen LogP contribution is -2.11. The molecule has 0 amide bonds. The number of hydrogen-bond donors (Lipinski definition) is 1. The van der Waals surface area contributed by atoms with Gasteiger partial charge in [-0.2, -0.15) is 0 Å². The molecule has 0 aliphatic heterocycles. The van der Waals surface area contributed by atoms with E-state index in [1.807, 2.05) is 6.92 Å². The molecule has 2 rings (SSSR count). The first-order valence-corrected chi connectivity index (χ1v) is 8.11. The van der Waals surface area contributed by atoms with Gasteiger partial charge in [0.1, 0.15) is 10.8 Å². The highest BCUT2D eigenvalue weighted by Gasteiger charge is 2.11. The SMILES string of the molecule is CCNCc1cnc(Oc2cc(Cl)c(Br)cc2Cl)c(Cl)c1. The van der Waals surface area contributed by atoms with Gasteiger partial charge >= 0.3 is 0 Å². The molecule has 0 saturated carbocycles. The van der Waals surface area contributed by atoms with Gasteiger partial charge in [0, 0.05) is 23.3 Å². The first-order valence-electron chi connectivity index (χ1n) is 6.18. The Morgan fingerprint density at radius 3 is 2.57 bits per heavy atom. The number of pyridine rings is 1. The summed E-state index contributed by atoms with van der Waals surface area (Å²) < 4.78 is 6.33. The third kappa shape index (κ3) is 4.47. The summed E-state index contributed by atoms with van der Waals surface area (Å²) >= 11 is 21.6. The van der Waals surface area contributed by atoms with Gasteiger partial charge in [0.2, 0.25) is 5.88 Å². The Hall–Kier alpha value is -0.520. The Labute approximate surface area is 146 Å². The third-order valence-corrected chi connectivity index (χ3v) is 4.39. The largest absolute Gasteiger partial charge is 0.436 e. The highest BCUT2D eigenvalue weighted by atomic mass is 79.9. The van der Waals surface area contributed by atoms with Crippen LogP contribution in [0.5, 0.6) is 11.6 Å². The summed E-state index contributed by atoms with van der Waals surface area (Å²) in [6, 6.07) is 5.08. The number of nitrogens with zero attached hydrogens (tertiary/aromatic N) is 1.